The Labute approximate surface area is 267 Å². The smallest absolute Gasteiger partial charge is 0.352 e. The van der Waals surface area contributed by atoms with Gasteiger partial charge in [0, 0.05) is 19.0 Å². The predicted octanol–water partition coefficient (Wildman–Crippen LogP) is 6.37. The molecule has 0 aliphatic heterocycles. The third kappa shape index (κ3) is 8.75. The maximum Gasteiger partial charge on any atom is 0.416 e. The molecule has 46 heavy (non-hydrogen) atoms. The lowest BCUT2D eigenvalue weighted by Crippen LogP contribution is -2.54. The molecule has 0 spiro atoms. The van der Waals surface area contributed by atoms with E-state index in [9.17, 15) is 31.2 Å². The molecule has 0 radical (unpaired) electrons. The van der Waals surface area contributed by atoms with Crippen LogP contribution in [0.4, 0.5) is 18.9 Å². The summed E-state index contributed by atoms with van der Waals surface area (Å²) in [4.78, 5) is 29.2. The number of rotatable bonds is 12. The van der Waals surface area contributed by atoms with Crippen molar-refractivity contribution < 1.29 is 31.2 Å². The highest BCUT2D eigenvalue weighted by atomic mass is 32.2. The van der Waals surface area contributed by atoms with E-state index in [-0.39, 0.29) is 29.6 Å². The van der Waals surface area contributed by atoms with Gasteiger partial charge in [0.15, 0.2) is 0 Å². The highest BCUT2D eigenvalue weighted by molar-refractivity contribution is 7.92. The largest absolute Gasteiger partial charge is 0.416 e. The van der Waals surface area contributed by atoms with Gasteiger partial charge >= 0.3 is 6.18 Å². The van der Waals surface area contributed by atoms with Crippen molar-refractivity contribution in [1.29, 1.82) is 0 Å². The number of benzene rings is 4. The van der Waals surface area contributed by atoms with Gasteiger partial charge in [0.25, 0.3) is 10.0 Å². The van der Waals surface area contributed by atoms with E-state index in [0.717, 1.165) is 23.3 Å². The molecule has 0 unspecified atom stereocenters. The molecule has 4 aromatic rings. The van der Waals surface area contributed by atoms with E-state index < -0.39 is 46.2 Å². The van der Waals surface area contributed by atoms with Gasteiger partial charge in [0.1, 0.15) is 12.6 Å². The Bertz CT molecular complexity index is 1750. The molecule has 0 bridgehead atoms. The number of carbonyl (C=O) groups is 2. The van der Waals surface area contributed by atoms with E-state index in [2.05, 4.69) is 5.32 Å². The monoisotopic (exact) mass is 651 g/mol. The lowest BCUT2D eigenvalue weighted by Gasteiger charge is -2.34. The summed E-state index contributed by atoms with van der Waals surface area (Å²) in [6, 6.07) is 26.1. The summed E-state index contributed by atoms with van der Waals surface area (Å²) in [6.45, 7) is 4.54. The van der Waals surface area contributed by atoms with Crippen LogP contribution in [0, 0.1) is 6.92 Å². The fourth-order valence-electron chi connectivity index (χ4n) is 5.03. The van der Waals surface area contributed by atoms with Crippen molar-refractivity contribution in [2.24, 2.45) is 0 Å². The van der Waals surface area contributed by atoms with Crippen LogP contribution in [-0.2, 0) is 38.8 Å². The Balaban J connectivity index is 1.84. The summed E-state index contributed by atoms with van der Waals surface area (Å²) >= 11 is 0. The second kappa shape index (κ2) is 14.6. The lowest BCUT2D eigenvalue weighted by atomic mass is 10.0. The van der Waals surface area contributed by atoms with Crippen molar-refractivity contribution in [1.82, 2.24) is 10.2 Å². The van der Waals surface area contributed by atoms with Crippen LogP contribution in [-0.4, -0.2) is 43.8 Å². The average molecular weight is 652 g/mol. The zero-order valence-electron chi connectivity index (χ0n) is 25.7. The predicted molar refractivity (Wildman–Crippen MR) is 171 cm³/mol. The Morgan fingerprint density at radius 3 is 2.02 bits per heavy atom. The lowest BCUT2D eigenvalue weighted by molar-refractivity contribution is -0.140. The molecule has 0 aliphatic rings. The number of halogens is 3. The van der Waals surface area contributed by atoms with Crippen molar-refractivity contribution in [3.63, 3.8) is 0 Å². The molecule has 0 fully saturated rings. The van der Waals surface area contributed by atoms with Gasteiger partial charge in [-0.25, -0.2) is 8.42 Å². The molecule has 11 heteroatoms. The molecule has 0 saturated carbocycles. The Kier molecular flexibility index (Phi) is 10.9. The van der Waals surface area contributed by atoms with Crippen LogP contribution in [0.2, 0.25) is 0 Å². The average Bonchev–Trinajstić information content (AvgIpc) is 3.01. The fraction of sp³-hybridized carbons (Fsp3) is 0.257. The summed E-state index contributed by atoms with van der Waals surface area (Å²) in [6.07, 6.45) is -4.64. The quantitative estimate of drug-likeness (QED) is 0.193. The first-order valence-corrected chi connectivity index (χ1v) is 16.1. The first kappa shape index (κ1) is 34.2. The number of hydrogen-bond acceptors (Lipinski definition) is 4. The molecule has 0 aliphatic carbocycles. The van der Waals surface area contributed by atoms with E-state index in [1.165, 1.54) is 35.2 Å². The van der Waals surface area contributed by atoms with E-state index in [4.69, 9.17) is 0 Å². The van der Waals surface area contributed by atoms with Gasteiger partial charge < -0.3 is 10.2 Å². The van der Waals surface area contributed by atoms with E-state index in [1.54, 1.807) is 38.1 Å². The van der Waals surface area contributed by atoms with Crippen molar-refractivity contribution in [2.45, 2.75) is 56.9 Å². The van der Waals surface area contributed by atoms with Gasteiger partial charge in [-0.15, -0.1) is 0 Å². The Hall–Kier alpha value is -4.64. The SMILES string of the molecule is Cc1cccc(CN(C(=O)CN(c2cccc(C(F)(F)F)c2)S(=O)(=O)c2ccccc2)[C@@H](Cc2ccccc2)C(=O)NC(C)C)c1. The Morgan fingerprint density at radius 2 is 1.41 bits per heavy atom. The number of sulfonamides is 1. The van der Waals surface area contributed by atoms with Crippen LogP contribution in [0.5, 0.6) is 0 Å². The third-order valence-electron chi connectivity index (χ3n) is 7.21. The molecule has 0 heterocycles. The molecule has 2 amide bonds. The number of anilines is 1. The molecule has 4 aromatic carbocycles. The van der Waals surface area contributed by atoms with E-state index in [0.29, 0.717) is 15.9 Å². The number of nitrogens with zero attached hydrogens (tertiary/aromatic N) is 2. The van der Waals surface area contributed by atoms with E-state index in [1.807, 2.05) is 43.3 Å². The molecule has 0 saturated heterocycles. The first-order chi connectivity index (χ1) is 21.8. The molecule has 242 valence electrons. The van der Waals surface area contributed by atoms with Crippen LogP contribution in [0.1, 0.15) is 36.1 Å². The van der Waals surface area contributed by atoms with Crippen LogP contribution in [0.3, 0.4) is 0 Å². The Morgan fingerprint density at radius 1 is 0.804 bits per heavy atom. The van der Waals surface area contributed by atoms with Gasteiger partial charge in [-0.2, -0.15) is 13.2 Å². The molecule has 1 atom stereocenters. The van der Waals surface area contributed by atoms with Gasteiger partial charge in [-0.1, -0.05) is 84.4 Å². The highest BCUT2D eigenvalue weighted by Gasteiger charge is 2.36. The van der Waals surface area contributed by atoms with Gasteiger partial charge in [0.2, 0.25) is 11.8 Å². The normalized spacial score (nSPS) is 12.4. The maximum atomic E-state index is 14.4. The number of hydrogen-bond donors (Lipinski definition) is 1. The molecule has 0 aromatic heterocycles. The molecular weight excluding hydrogens is 615 g/mol. The maximum absolute atomic E-state index is 14.4. The zero-order chi connectivity index (χ0) is 33.5. The van der Waals surface area contributed by atoms with Crippen LogP contribution >= 0.6 is 0 Å². The van der Waals surface area contributed by atoms with Crippen molar-refractivity contribution in [2.75, 3.05) is 10.8 Å². The minimum Gasteiger partial charge on any atom is -0.352 e. The van der Waals surface area contributed by atoms with Crippen LogP contribution < -0.4 is 9.62 Å². The minimum atomic E-state index is -4.75. The first-order valence-electron chi connectivity index (χ1n) is 14.7. The molecule has 1 N–H and O–H groups in total. The number of alkyl halides is 3. The van der Waals surface area contributed by atoms with Crippen LogP contribution in [0.25, 0.3) is 0 Å². The number of aryl methyl sites for hydroxylation is 1. The van der Waals surface area contributed by atoms with Gasteiger partial charge in [-0.05, 0) is 62.2 Å². The fourth-order valence-corrected chi connectivity index (χ4v) is 6.45. The van der Waals surface area contributed by atoms with E-state index >= 15 is 0 Å². The van der Waals surface area contributed by atoms with Crippen LogP contribution in [0.15, 0.2) is 114 Å². The number of nitrogens with one attached hydrogen (secondary N) is 1. The minimum absolute atomic E-state index is 0.0503. The van der Waals surface area contributed by atoms with Crippen molar-refractivity contribution >= 4 is 27.5 Å². The highest BCUT2D eigenvalue weighted by Crippen LogP contribution is 2.33. The zero-order valence-corrected chi connectivity index (χ0v) is 26.6. The van der Waals surface area contributed by atoms with Crippen molar-refractivity contribution in [3.8, 4) is 0 Å². The molecule has 4 rings (SSSR count). The number of carbonyl (C=O) groups excluding carboxylic acids is 2. The summed E-state index contributed by atoms with van der Waals surface area (Å²) in [5.74, 6) is -1.21. The summed E-state index contributed by atoms with van der Waals surface area (Å²) in [5.41, 5.74) is 0.961. The second-order valence-electron chi connectivity index (χ2n) is 11.3. The third-order valence-corrected chi connectivity index (χ3v) is 9.00. The summed E-state index contributed by atoms with van der Waals surface area (Å²) in [5, 5.41) is 2.87. The standard InChI is InChI=1S/C35H36F3N3O4S/c1-25(2)39-34(43)32(21-27-13-6-4-7-14-27)40(23-28-15-10-12-26(3)20-28)33(42)24-41(46(44,45)31-18-8-5-9-19-31)30-17-11-16-29(22-30)35(36,37)38/h4-20,22,25,32H,21,23-24H2,1-3H3,(H,39,43)/t32-/m0/s1. The van der Waals surface area contributed by atoms with Gasteiger partial charge in [-0.3, -0.25) is 13.9 Å². The second-order valence-corrected chi connectivity index (χ2v) is 13.1. The van der Waals surface area contributed by atoms with Crippen molar-refractivity contribution in [3.05, 3.63) is 131 Å². The number of amides is 2. The molecular formula is C35H36F3N3O4S. The summed E-state index contributed by atoms with van der Waals surface area (Å²) < 4.78 is 69.9. The topological polar surface area (TPSA) is 86.8 Å². The summed E-state index contributed by atoms with van der Waals surface area (Å²) in [7, 11) is -4.53. The molecule has 7 nitrogen and oxygen atoms in total. The van der Waals surface area contributed by atoms with Gasteiger partial charge in [0.05, 0.1) is 16.1 Å².